The summed E-state index contributed by atoms with van der Waals surface area (Å²) in [6.07, 6.45) is 0. The van der Waals surface area contributed by atoms with Crippen molar-refractivity contribution in [2.24, 2.45) is 0 Å². The zero-order chi connectivity index (χ0) is 17.1. The molecule has 0 saturated heterocycles. The van der Waals surface area contributed by atoms with Crippen molar-refractivity contribution in [1.82, 2.24) is 4.90 Å². The number of nitrogens with zero attached hydrogens (tertiary/aromatic N) is 1. The normalized spacial score (nSPS) is 12.8. The van der Waals surface area contributed by atoms with Gasteiger partial charge in [-0.2, -0.15) is 0 Å². The minimum absolute atomic E-state index is 0.0491. The first-order chi connectivity index (χ1) is 11.6. The second-order valence-corrected chi connectivity index (χ2v) is 6.01. The Labute approximate surface area is 143 Å². The molecule has 0 saturated carbocycles. The molecular formula is C20H23NO3. The van der Waals surface area contributed by atoms with E-state index >= 15 is 0 Å². The Morgan fingerprint density at radius 2 is 1.83 bits per heavy atom. The van der Waals surface area contributed by atoms with Crippen LogP contribution in [0.3, 0.4) is 0 Å². The van der Waals surface area contributed by atoms with Crippen molar-refractivity contribution < 1.29 is 14.3 Å². The van der Waals surface area contributed by atoms with E-state index in [0.717, 1.165) is 33.8 Å². The summed E-state index contributed by atoms with van der Waals surface area (Å²) in [7, 11) is 0. The molecule has 1 amide bonds. The lowest BCUT2D eigenvalue weighted by molar-refractivity contribution is 0.0748. The fourth-order valence-electron chi connectivity index (χ4n) is 2.94. The van der Waals surface area contributed by atoms with Crippen LogP contribution in [0.4, 0.5) is 0 Å². The molecule has 1 aliphatic heterocycles. The summed E-state index contributed by atoms with van der Waals surface area (Å²) in [5.74, 6) is 1.57. The predicted octanol–water partition coefficient (Wildman–Crippen LogP) is 3.74. The van der Waals surface area contributed by atoms with Gasteiger partial charge in [-0.1, -0.05) is 24.3 Å². The quantitative estimate of drug-likeness (QED) is 0.859. The van der Waals surface area contributed by atoms with Crippen molar-refractivity contribution >= 4 is 5.91 Å². The molecule has 0 N–H and O–H groups in total. The first-order valence-electron chi connectivity index (χ1n) is 8.34. The van der Waals surface area contributed by atoms with E-state index in [1.165, 1.54) is 0 Å². The molecule has 4 heteroatoms. The molecule has 0 unspecified atom stereocenters. The van der Waals surface area contributed by atoms with E-state index in [0.29, 0.717) is 26.3 Å². The van der Waals surface area contributed by atoms with Gasteiger partial charge in [-0.05, 0) is 44.0 Å². The van der Waals surface area contributed by atoms with E-state index in [2.05, 4.69) is 0 Å². The zero-order valence-corrected chi connectivity index (χ0v) is 14.5. The highest BCUT2D eigenvalue weighted by molar-refractivity contribution is 5.96. The molecule has 1 heterocycles. The van der Waals surface area contributed by atoms with Crippen LogP contribution >= 0.6 is 0 Å². The molecule has 2 aromatic carbocycles. The van der Waals surface area contributed by atoms with Crippen LogP contribution in [0.2, 0.25) is 0 Å². The highest BCUT2D eigenvalue weighted by Crippen LogP contribution is 2.34. The van der Waals surface area contributed by atoms with E-state index in [4.69, 9.17) is 9.47 Å². The van der Waals surface area contributed by atoms with Crippen molar-refractivity contribution in [1.29, 1.82) is 0 Å². The van der Waals surface area contributed by atoms with E-state index < -0.39 is 0 Å². The molecule has 3 rings (SSSR count). The fourth-order valence-corrected chi connectivity index (χ4v) is 2.94. The topological polar surface area (TPSA) is 38.8 Å². The Hall–Kier alpha value is -2.49. The average Bonchev–Trinajstić information content (AvgIpc) is 2.61. The highest BCUT2D eigenvalue weighted by atomic mass is 16.6. The lowest BCUT2D eigenvalue weighted by Crippen LogP contribution is -2.31. The van der Waals surface area contributed by atoms with E-state index in [1.807, 2.05) is 62.1 Å². The number of para-hydroxylation sites is 1. The van der Waals surface area contributed by atoms with Gasteiger partial charge in [0.2, 0.25) is 0 Å². The average molecular weight is 325 g/mol. The summed E-state index contributed by atoms with van der Waals surface area (Å²) < 4.78 is 11.4. The summed E-state index contributed by atoms with van der Waals surface area (Å²) in [5.41, 5.74) is 3.91. The molecule has 0 spiro atoms. The maximum atomic E-state index is 13.0. The summed E-state index contributed by atoms with van der Waals surface area (Å²) in [5, 5.41) is 0. The third-order valence-corrected chi connectivity index (χ3v) is 4.51. The lowest BCUT2D eigenvalue weighted by atomic mass is 10.0. The molecule has 0 radical (unpaired) electrons. The number of amides is 1. The van der Waals surface area contributed by atoms with Crippen LogP contribution < -0.4 is 9.47 Å². The summed E-state index contributed by atoms with van der Waals surface area (Å²) >= 11 is 0. The number of carbonyl (C=O) groups excluding carboxylic acids is 1. The number of rotatable bonds is 4. The molecule has 126 valence electrons. The largest absolute Gasteiger partial charge is 0.486 e. The van der Waals surface area contributed by atoms with Crippen molar-refractivity contribution in [2.75, 3.05) is 19.8 Å². The molecule has 2 aromatic rings. The molecule has 0 aliphatic carbocycles. The number of hydrogen-bond donors (Lipinski definition) is 0. The minimum atomic E-state index is 0.0491. The monoisotopic (exact) mass is 325 g/mol. The van der Waals surface area contributed by atoms with Gasteiger partial charge < -0.3 is 14.4 Å². The van der Waals surface area contributed by atoms with E-state index in [-0.39, 0.29) is 5.91 Å². The van der Waals surface area contributed by atoms with Crippen molar-refractivity contribution in [2.45, 2.75) is 27.3 Å². The first kappa shape index (κ1) is 16.4. The second kappa shape index (κ2) is 6.95. The maximum absolute atomic E-state index is 13.0. The SMILES string of the molecule is CCN(Cc1cccc2c1OCCO2)C(=O)c1cccc(C)c1C. The number of ether oxygens (including phenoxy) is 2. The predicted molar refractivity (Wildman–Crippen MR) is 93.8 cm³/mol. The third-order valence-electron chi connectivity index (χ3n) is 4.51. The van der Waals surface area contributed by atoms with E-state index in [1.54, 1.807) is 0 Å². The van der Waals surface area contributed by atoms with Crippen LogP contribution in [0, 0.1) is 13.8 Å². The Kier molecular flexibility index (Phi) is 4.74. The first-order valence-corrected chi connectivity index (χ1v) is 8.34. The van der Waals surface area contributed by atoms with Crippen LogP contribution in [0.1, 0.15) is 34.0 Å². The van der Waals surface area contributed by atoms with Crippen LogP contribution in [0.15, 0.2) is 36.4 Å². The van der Waals surface area contributed by atoms with Crippen molar-refractivity contribution in [3.8, 4) is 11.5 Å². The molecule has 0 aromatic heterocycles. The molecule has 24 heavy (non-hydrogen) atoms. The van der Waals surface area contributed by atoms with Crippen LogP contribution in [0.25, 0.3) is 0 Å². The Morgan fingerprint density at radius 3 is 2.62 bits per heavy atom. The van der Waals surface area contributed by atoms with Gasteiger partial charge in [0.15, 0.2) is 11.5 Å². The van der Waals surface area contributed by atoms with Gasteiger partial charge in [0, 0.05) is 24.2 Å². The van der Waals surface area contributed by atoms with Gasteiger partial charge in [-0.3, -0.25) is 4.79 Å². The molecule has 0 bridgehead atoms. The molecular weight excluding hydrogens is 302 g/mol. The van der Waals surface area contributed by atoms with Gasteiger partial charge in [-0.25, -0.2) is 0 Å². The number of hydrogen-bond acceptors (Lipinski definition) is 3. The Balaban J connectivity index is 1.88. The second-order valence-electron chi connectivity index (χ2n) is 6.01. The van der Waals surface area contributed by atoms with E-state index in [9.17, 15) is 4.79 Å². The smallest absolute Gasteiger partial charge is 0.254 e. The Morgan fingerprint density at radius 1 is 1.08 bits per heavy atom. The third kappa shape index (κ3) is 3.09. The molecule has 0 fully saturated rings. The summed E-state index contributed by atoms with van der Waals surface area (Å²) in [4.78, 5) is 14.8. The molecule has 4 nitrogen and oxygen atoms in total. The van der Waals surface area contributed by atoms with Gasteiger partial charge in [-0.15, -0.1) is 0 Å². The summed E-state index contributed by atoms with van der Waals surface area (Å²) in [6, 6.07) is 11.7. The van der Waals surface area contributed by atoms with Gasteiger partial charge in [0.1, 0.15) is 13.2 Å². The number of fused-ring (bicyclic) bond motifs is 1. The van der Waals surface area contributed by atoms with Crippen LogP contribution in [0.5, 0.6) is 11.5 Å². The molecule has 1 aliphatic rings. The van der Waals surface area contributed by atoms with Crippen molar-refractivity contribution in [3.63, 3.8) is 0 Å². The standard InChI is InChI=1S/C20H23NO3/c1-4-21(20(22)17-9-5-7-14(2)15(17)3)13-16-8-6-10-18-19(16)24-12-11-23-18/h5-10H,4,11-13H2,1-3H3. The van der Waals surface area contributed by atoms with Gasteiger partial charge >= 0.3 is 0 Å². The number of carbonyl (C=O) groups is 1. The van der Waals surface area contributed by atoms with Crippen LogP contribution in [-0.2, 0) is 6.54 Å². The van der Waals surface area contributed by atoms with Crippen molar-refractivity contribution in [3.05, 3.63) is 58.7 Å². The minimum Gasteiger partial charge on any atom is -0.486 e. The Bertz CT molecular complexity index is 755. The lowest BCUT2D eigenvalue weighted by Gasteiger charge is -2.26. The van der Waals surface area contributed by atoms with Gasteiger partial charge in [0.05, 0.1) is 0 Å². The van der Waals surface area contributed by atoms with Crippen LogP contribution in [-0.4, -0.2) is 30.6 Å². The number of benzene rings is 2. The summed E-state index contributed by atoms with van der Waals surface area (Å²) in [6.45, 7) is 8.27. The number of aryl methyl sites for hydroxylation is 1. The maximum Gasteiger partial charge on any atom is 0.254 e. The zero-order valence-electron chi connectivity index (χ0n) is 14.5. The van der Waals surface area contributed by atoms with Gasteiger partial charge in [0.25, 0.3) is 5.91 Å². The molecule has 0 atom stereocenters. The fraction of sp³-hybridized carbons (Fsp3) is 0.350. The highest BCUT2D eigenvalue weighted by Gasteiger charge is 2.21.